The van der Waals surface area contributed by atoms with Crippen molar-refractivity contribution in [1.29, 1.82) is 0 Å². The van der Waals surface area contributed by atoms with Crippen LogP contribution in [0, 0.1) is 18.3 Å². The molecule has 2 rings (SSSR count). The minimum atomic E-state index is 0. The Balaban J connectivity index is 0.00000312. The molecular formula is C18H30IN5S. The van der Waals surface area contributed by atoms with Crippen molar-refractivity contribution in [1.82, 2.24) is 20.5 Å². The second-order valence-electron chi connectivity index (χ2n) is 6.08. The first kappa shape index (κ1) is 22.2. The number of nitrogens with zero attached hydrogens (tertiary/aromatic N) is 3. The van der Waals surface area contributed by atoms with Crippen molar-refractivity contribution >= 4 is 41.3 Å². The highest BCUT2D eigenvalue weighted by atomic mass is 127. The molecule has 1 aliphatic rings. The topological polar surface area (TPSA) is 52.6 Å². The number of piperidine rings is 1. The largest absolute Gasteiger partial charge is 0.357 e. The zero-order valence-corrected chi connectivity index (χ0v) is 18.4. The molecule has 140 valence electrons. The molecule has 0 atom stereocenters. The van der Waals surface area contributed by atoms with Crippen molar-refractivity contribution in [3.05, 3.63) is 16.1 Å². The molecule has 0 spiro atoms. The molecule has 5 nitrogen and oxygen atoms in total. The molecule has 0 radical (unpaired) electrons. The molecule has 0 aliphatic carbocycles. The number of hydrogen-bond acceptors (Lipinski definition) is 4. The van der Waals surface area contributed by atoms with Crippen molar-refractivity contribution in [2.75, 3.05) is 32.7 Å². The first-order chi connectivity index (χ1) is 11.7. The number of hydrogen-bond donors (Lipinski definition) is 2. The summed E-state index contributed by atoms with van der Waals surface area (Å²) in [6.07, 6.45) is 8.72. The van der Waals surface area contributed by atoms with Crippen LogP contribution in [0.3, 0.4) is 0 Å². The van der Waals surface area contributed by atoms with Gasteiger partial charge >= 0.3 is 0 Å². The van der Waals surface area contributed by atoms with Gasteiger partial charge < -0.3 is 10.6 Å². The highest BCUT2D eigenvalue weighted by Crippen LogP contribution is 2.20. The molecule has 1 fully saturated rings. The maximum absolute atomic E-state index is 5.30. The number of guanidine groups is 1. The van der Waals surface area contributed by atoms with E-state index in [4.69, 9.17) is 6.42 Å². The Kier molecular flexibility index (Phi) is 11.1. The molecule has 1 aromatic heterocycles. The number of nitrogens with one attached hydrogen (secondary N) is 2. The maximum atomic E-state index is 5.30. The Hall–Kier alpha value is -0.850. The summed E-state index contributed by atoms with van der Waals surface area (Å²) in [5, 5.41) is 9.82. The molecule has 0 saturated carbocycles. The van der Waals surface area contributed by atoms with E-state index in [1.165, 1.54) is 23.5 Å². The van der Waals surface area contributed by atoms with Gasteiger partial charge in [0, 0.05) is 25.0 Å². The second kappa shape index (κ2) is 12.5. The third-order valence-corrected chi connectivity index (χ3v) is 5.25. The third-order valence-electron chi connectivity index (χ3n) is 4.20. The quantitative estimate of drug-likeness (QED) is 0.276. The van der Waals surface area contributed by atoms with E-state index >= 15 is 0 Å². The molecule has 0 amide bonds. The van der Waals surface area contributed by atoms with E-state index in [-0.39, 0.29) is 24.0 Å². The smallest absolute Gasteiger partial charge is 0.192 e. The monoisotopic (exact) mass is 475 g/mol. The Bertz CT molecular complexity index is 558. The van der Waals surface area contributed by atoms with E-state index in [1.54, 1.807) is 11.3 Å². The second-order valence-corrected chi connectivity index (χ2v) is 7.03. The molecule has 0 bridgehead atoms. The summed E-state index contributed by atoms with van der Waals surface area (Å²) >= 11 is 1.78. The molecule has 7 heteroatoms. The van der Waals surface area contributed by atoms with Gasteiger partial charge in [-0.25, -0.2) is 4.98 Å². The minimum absolute atomic E-state index is 0. The van der Waals surface area contributed by atoms with Crippen LogP contribution in [-0.2, 0) is 13.0 Å². The predicted octanol–water partition coefficient (Wildman–Crippen LogP) is 2.72. The zero-order valence-electron chi connectivity index (χ0n) is 15.3. The fourth-order valence-electron chi connectivity index (χ4n) is 2.84. The lowest BCUT2D eigenvalue weighted by Gasteiger charge is -2.30. The van der Waals surface area contributed by atoms with Crippen LogP contribution >= 0.6 is 35.3 Å². The average Bonchev–Trinajstić information content (AvgIpc) is 3.06. The number of terminal acetylenes is 1. The van der Waals surface area contributed by atoms with Gasteiger partial charge in [0.05, 0.1) is 17.2 Å². The molecule has 0 aromatic carbocycles. The molecular weight excluding hydrogens is 445 g/mol. The van der Waals surface area contributed by atoms with Crippen molar-refractivity contribution < 1.29 is 0 Å². The Labute approximate surface area is 173 Å². The fraction of sp³-hybridized carbons (Fsp3) is 0.667. The van der Waals surface area contributed by atoms with E-state index in [1.807, 2.05) is 0 Å². The summed E-state index contributed by atoms with van der Waals surface area (Å²) in [5.74, 6) is 4.07. The lowest BCUT2D eigenvalue weighted by atomic mass is 9.97. The van der Waals surface area contributed by atoms with Crippen LogP contribution in [0.25, 0.3) is 0 Å². The summed E-state index contributed by atoms with van der Waals surface area (Å²) in [7, 11) is 0. The lowest BCUT2D eigenvalue weighted by molar-refractivity contribution is 0.179. The number of likely N-dealkylation sites (tertiary alicyclic amines) is 1. The molecule has 1 saturated heterocycles. The highest BCUT2D eigenvalue weighted by molar-refractivity contribution is 14.0. The van der Waals surface area contributed by atoms with Crippen LogP contribution in [0.2, 0.25) is 0 Å². The Morgan fingerprint density at radius 2 is 2.16 bits per heavy atom. The van der Waals surface area contributed by atoms with E-state index in [2.05, 4.69) is 50.7 Å². The summed E-state index contributed by atoms with van der Waals surface area (Å²) in [6, 6.07) is 0. The number of aliphatic imine (C=N–C) groups is 1. The van der Waals surface area contributed by atoms with E-state index < -0.39 is 0 Å². The number of aromatic nitrogens is 1. The SMILES string of the molecule is C#CCNC(=NCC1CCN(Cc2csc(CC)n2)CC1)NCC.I. The highest BCUT2D eigenvalue weighted by Gasteiger charge is 2.19. The van der Waals surface area contributed by atoms with E-state index in [0.717, 1.165) is 45.1 Å². The normalized spacial score (nSPS) is 16.1. The van der Waals surface area contributed by atoms with Crippen LogP contribution in [0.4, 0.5) is 0 Å². The van der Waals surface area contributed by atoms with Gasteiger partial charge in [0.2, 0.25) is 0 Å². The van der Waals surface area contributed by atoms with Crippen LogP contribution in [0.15, 0.2) is 10.4 Å². The maximum Gasteiger partial charge on any atom is 0.192 e. The number of thiazole rings is 1. The van der Waals surface area contributed by atoms with Gasteiger partial charge in [0.1, 0.15) is 0 Å². The summed E-state index contributed by atoms with van der Waals surface area (Å²) < 4.78 is 0. The van der Waals surface area contributed by atoms with Crippen molar-refractivity contribution in [3.8, 4) is 12.3 Å². The Morgan fingerprint density at radius 1 is 1.40 bits per heavy atom. The van der Waals surface area contributed by atoms with Gasteiger partial charge in [0.25, 0.3) is 0 Å². The molecule has 25 heavy (non-hydrogen) atoms. The van der Waals surface area contributed by atoms with Crippen molar-refractivity contribution in [3.63, 3.8) is 0 Å². The van der Waals surface area contributed by atoms with E-state index in [9.17, 15) is 0 Å². The number of aryl methyl sites for hydroxylation is 1. The van der Waals surface area contributed by atoms with Gasteiger partial charge in [-0.3, -0.25) is 9.89 Å². The minimum Gasteiger partial charge on any atom is -0.357 e. The molecule has 1 aliphatic heterocycles. The molecule has 1 aromatic rings. The first-order valence-corrected chi connectivity index (χ1v) is 9.74. The van der Waals surface area contributed by atoms with Gasteiger partial charge in [-0.2, -0.15) is 0 Å². The lowest BCUT2D eigenvalue weighted by Crippen LogP contribution is -2.38. The predicted molar refractivity (Wildman–Crippen MR) is 118 cm³/mol. The van der Waals surface area contributed by atoms with E-state index in [0.29, 0.717) is 12.5 Å². The van der Waals surface area contributed by atoms with Crippen LogP contribution in [0.1, 0.15) is 37.4 Å². The molecule has 2 heterocycles. The van der Waals surface area contributed by atoms with Crippen molar-refractivity contribution in [2.45, 2.75) is 39.7 Å². The van der Waals surface area contributed by atoms with Gasteiger partial charge in [-0.15, -0.1) is 41.7 Å². The number of rotatable bonds is 7. The van der Waals surface area contributed by atoms with Gasteiger partial charge in [0.15, 0.2) is 5.96 Å². The zero-order chi connectivity index (χ0) is 17.2. The Morgan fingerprint density at radius 3 is 2.76 bits per heavy atom. The summed E-state index contributed by atoms with van der Waals surface area (Å²) in [5.41, 5.74) is 1.22. The number of halogens is 1. The summed E-state index contributed by atoms with van der Waals surface area (Å²) in [6.45, 7) is 9.70. The van der Waals surface area contributed by atoms with Gasteiger partial charge in [-0.05, 0) is 45.2 Å². The van der Waals surface area contributed by atoms with Crippen LogP contribution in [0.5, 0.6) is 0 Å². The molecule has 0 unspecified atom stereocenters. The van der Waals surface area contributed by atoms with Gasteiger partial charge in [-0.1, -0.05) is 12.8 Å². The summed E-state index contributed by atoms with van der Waals surface area (Å²) in [4.78, 5) is 11.9. The third kappa shape index (κ3) is 7.92. The van der Waals surface area contributed by atoms with Crippen LogP contribution in [-0.4, -0.2) is 48.6 Å². The first-order valence-electron chi connectivity index (χ1n) is 8.86. The van der Waals surface area contributed by atoms with Crippen LogP contribution < -0.4 is 10.6 Å². The average molecular weight is 475 g/mol. The molecule has 2 N–H and O–H groups in total. The fourth-order valence-corrected chi connectivity index (χ4v) is 3.57. The van der Waals surface area contributed by atoms with Crippen molar-refractivity contribution in [2.24, 2.45) is 10.9 Å². The standard InChI is InChI=1S/C18H29N5S.HI/c1-4-9-20-18(19-6-3)21-12-15-7-10-23(11-8-15)13-16-14-24-17(5-2)22-16;/h1,14-15H,5-13H2,2-3H3,(H2,19,20,21);1H.